The average Bonchev–Trinajstić information content (AvgIpc) is 2.88. The van der Waals surface area contributed by atoms with E-state index in [1.54, 1.807) is 24.7 Å². The molecule has 2 aromatic rings. The Morgan fingerprint density at radius 2 is 2.25 bits per heavy atom. The second kappa shape index (κ2) is 6.52. The zero-order valence-corrected chi connectivity index (χ0v) is 11.7. The molecule has 1 aromatic carbocycles. The quantitative estimate of drug-likeness (QED) is 0.883. The second-order valence-corrected chi connectivity index (χ2v) is 4.70. The summed E-state index contributed by atoms with van der Waals surface area (Å²) in [7, 11) is 1.43. The molecule has 2 rings (SSSR count). The zero-order chi connectivity index (χ0) is 14.5. The van der Waals surface area contributed by atoms with Crippen molar-refractivity contribution in [3.05, 3.63) is 47.8 Å². The number of methoxy groups -OCH3 is 1. The summed E-state index contributed by atoms with van der Waals surface area (Å²) < 4.78 is 20.4. The van der Waals surface area contributed by atoms with Crippen LogP contribution in [-0.2, 0) is 13.0 Å². The zero-order valence-electron chi connectivity index (χ0n) is 11.7. The minimum Gasteiger partial charge on any atom is -0.494 e. The van der Waals surface area contributed by atoms with Crippen LogP contribution < -0.4 is 4.74 Å². The maximum Gasteiger partial charge on any atom is 0.165 e. The minimum atomic E-state index is -0.697. The van der Waals surface area contributed by atoms with Gasteiger partial charge in [-0.05, 0) is 24.1 Å². The average molecular weight is 278 g/mol. The Bertz CT molecular complexity index is 569. The first-order chi connectivity index (χ1) is 9.65. The number of aliphatic hydroxyl groups is 1. The molecule has 0 saturated heterocycles. The van der Waals surface area contributed by atoms with Gasteiger partial charge in [0.1, 0.15) is 0 Å². The number of aliphatic hydroxyl groups excluding tert-OH is 1. The fraction of sp³-hybridized carbons (Fsp3) is 0.400. The largest absolute Gasteiger partial charge is 0.494 e. The van der Waals surface area contributed by atoms with E-state index in [1.165, 1.54) is 13.2 Å². The summed E-state index contributed by atoms with van der Waals surface area (Å²) in [5, 5.41) is 10.3. The first kappa shape index (κ1) is 14.5. The molecule has 20 heavy (non-hydrogen) atoms. The van der Waals surface area contributed by atoms with Crippen LogP contribution in [0, 0.1) is 5.82 Å². The Morgan fingerprint density at radius 1 is 1.45 bits per heavy atom. The number of aryl methyl sites for hydroxylation is 1. The molecule has 0 aliphatic carbocycles. The van der Waals surface area contributed by atoms with Crippen molar-refractivity contribution in [1.29, 1.82) is 0 Å². The summed E-state index contributed by atoms with van der Waals surface area (Å²) in [6, 6.07) is 4.72. The van der Waals surface area contributed by atoms with Crippen LogP contribution in [0.15, 0.2) is 30.7 Å². The van der Waals surface area contributed by atoms with Gasteiger partial charge in [0.25, 0.3) is 0 Å². The van der Waals surface area contributed by atoms with Crippen LogP contribution in [0.3, 0.4) is 0 Å². The molecule has 108 valence electrons. The van der Waals surface area contributed by atoms with Gasteiger partial charge in [-0.1, -0.05) is 13.0 Å². The van der Waals surface area contributed by atoms with E-state index in [2.05, 4.69) is 11.9 Å². The number of imidazole rings is 1. The molecule has 0 aliphatic heterocycles. The van der Waals surface area contributed by atoms with Crippen LogP contribution in [0.5, 0.6) is 5.75 Å². The van der Waals surface area contributed by atoms with Gasteiger partial charge in [0.05, 0.1) is 31.4 Å². The van der Waals surface area contributed by atoms with E-state index in [4.69, 9.17) is 4.74 Å². The summed E-state index contributed by atoms with van der Waals surface area (Å²) in [6.07, 6.45) is 3.97. The van der Waals surface area contributed by atoms with Gasteiger partial charge in [0.15, 0.2) is 11.6 Å². The van der Waals surface area contributed by atoms with Crippen molar-refractivity contribution in [1.82, 2.24) is 9.55 Å². The fourth-order valence-electron chi connectivity index (χ4n) is 2.20. The lowest BCUT2D eigenvalue weighted by molar-refractivity contribution is 0.168. The first-order valence-corrected chi connectivity index (χ1v) is 6.66. The van der Waals surface area contributed by atoms with E-state index in [0.29, 0.717) is 6.42 Å². The van der Waals surface area contributed by atoms with Crippen LogP contribution >= 0.6 is 0 Å². The number of hydrogen-bond donors (Lipinski definition) is 1. The Balaban J connectivity index is 2.12. The summed E-state index contributed by atoms with van der Waals surface area (Å²) in [4.78, 5) is 4.06. The Kier molecular flexibility index (Phi) is 4.74. The summed E-state index contributed by atoms with van der Waals surface area (Å²) in [5.74, 6) is -0.210. The van der Waals surface area contributed by atoms with Crippen molar-refractivity contribution in [2.24, 2.45) is 0 Å². The molecule has 0 radical (unpaired) electrons. The van der Waals surface area contributed by atoms with Gasteiger partial charge in [-0.3, -0.25) is 0 Å². The predicted octanol–water partition coefficient (Wildman–Crippen LogP) is 2.72. The minimum absolute atomic E-state index is 0.208. The summed E-state index contributed by atoms with van der Waals surface area (Å²) >= 11 is 0. The molecular weight excluding hydrogens is 259 g/mol. The van der Waals surface area contributed by atoms with Crippen LogP contribution in [0.4, 0.5) is 4.39 Å². The van der Waals surface area contributed by atoms with E-state index < -0.39 is 11.9 Å². The van der Waals surface area contributed by atoms with E-state index in [9.17, 15) is 9.50 Å². The number of rotatable bonds is 6. The molecule has 0 bridgehead atoms. The normalized spacial score (nSPS) is 12.4. The number of nitrogens with zero attached hydrogens (tertiary/aromatic N) is 2. The third-order valence-electron chi connectivity index (χ3n) is 3.20. The maximum atomic E-state index is 13.6. The van der Waals surface area contributed by atoms with Gasteiger partial charge in [0, 0.05) is 13.0 Å². The molecule has 5 heteroatoms. The Hall–Kier alpha value is -1.88. The standard InChI is InChI=1S/C15H19FN2O2/c1-3-6-18-10-17-9-13(18)14(19)8-11-4-5-15(20-2)12(16)7-11/h4-5,7,9-10,14,19H,3,6,8H2,1-2H3. The van der Waals surface area contributed by atoms with Crippen LogP contribution in [0.2, 0.25) is 0 Å². The molecule has 1 heterocycles. The first-order valence-electron chi connectivity index (χ1n) is 6.66. The van der Waals surface area contributed by atoms with Crippen molar-refractivity contribution in [2.75, 3.05) is 7.11 Å². The second-order valence-electron chi connectivity index (χ2n) is 4.70. The molecule has 1 N–H and O–H groups in total. The molecule has 0 spiro atoms. The third-order valence-corrected chi connectivity index (χ3v) is 3.20. The lowest BCUT2D eigenvalue weighted by Crippen LogP contribution is -2.09. The van der Waals surface area contributed by atoms with E-state index >= 15 is 0 Å². The molecule has 0 fully saturated rings. The monoisotopic (exact) mass is 278 g/mol. The van der Waals surface area contributed by atoms with Gasteiger partial charge in [-0.25, -0.2) is 9.37 Å². The van der Waals surface area contributed by atoms with Gasteiger partial charge in [-0.2, -0.15) is 0 Å². The summed E-state index contributed by atoms with van der Waals surface area (Å²) in [5.41, 5.74) is 1.48. The molecule has 4 nitrogen and oxygen atoms in total. The molecule has 0 aliphatic rings. The summed E-state index contributed by atoms with van der Waals surface area (Å²) in [6.45, 7) is 2.87. The van der Waals surface area contributed by atoms with Crippen molar-refractivity contribution >= 4 is 0 Å². The van der Waals surface area contributed by atoms with Gasteiger partial charge < -0.3 is 14.4 Å². The van der Waals surface area contributed by atoms with Crippen molar-refractivity contribution in [3.8, 4) is 5.75 Å². The van der Waals surface area contributed by atoms with E-state index in [-0.39, 0.29) is 5.75 Å². The lowest BCUT2D eigenvalue weighted by Gasteiger charge is -2.14. The highest BCUT2D eigenvalue weighted by Crippen LogP contribution is 2.22. The third kappa shape index (κ3) is 3.17. The SMILES string of the molecule is CCCn1cncc1C(O)Cc1ccc(OC)c(F)c1. The predicted molar refractivity (Wildman–Crippen MR) is 74.1 cm³/mol. The van der Waals surface area contributed by atoms with Gasteiger partial charge in [0.2, 0.25) is 0 Å². The van der Waals surface area contributed by atoms with Crippen molar-refractivity contribution < 1.29 is 14.2 Å². The molecule has 1 atom stereocenters. The van der Waals surface area contributed by atoms with Crippen LogP contribution in [0.1, 0.15) is 30.7 Å². The molecule has 0 amide bonds. The Morgan fingerprint density at radius 3 is 2.90 bits per heavy atom. The highest BCUT2D eigenvalue weighted by atomic mass is 19.1. The number of halogens is 1. The molecule has 1 unspecified atom stereocenters. The van der Waals surface area contributed by atoms with Gasteiger partial charge in [-0.15, -0.1) is 0 Å². The Labute approximate surface area is 117 Å². The fourth-order valence-corrected chi connectivity index (χ4v) is 2.20. The van der Waals surface area contributed by atoms with Crippen LogP contribution in [-0.4, -0.2) is 21.8 Å². The molecule has 1 aromatic heterocycles. The number of benzene rings is 1. The molecule has 0 saturated carbocycles. The lowest BCUT2D eigenvalue weighted by atomic mass is 10.1. The maximum absolute atomic E-state index is 13.6. The number of ether oxygens (including phenoxy) is 1. The van der Waals surface area contributed by atoms with Gasteiger partial charge >= 0.3 is 0 Å². The van der Waals surface area contributed by atoms with Crippen molar-refractivity contribution in [3.63, 3.8) is 0 Å². The van der Waals surface area contributed by atoms with Crippen molar-refractivity contribution in [2.45, 2.75) is 32.4 Å². The number of hydrogen-bond acceptors (Lipinski definition) is 3. The van der Waals surface area contributed by atoms with E-state index in [1.807, 2.05) is 4.57 Å². The highest BCUT2D eigenvalue weighted by Gasteiger charge is 2.14. The molecular formula is C15H19FN2O2. The van der Waals surface area contributed by atoms with Crippen LogP contribution in [0.25, 0.3) is 0 Å². The highest BCUT2D eigenvalue weighted by molar-refractivity contribution is 5.30. The number of aromatic nitrogens is 2. The topological polar surface area (TPSA) is 47.3 Å². The van der Waals surface area contributed by atoms with E-state index in [0.717, 1.165) is 24.2 Å². The smallest absolute Gasteiger partial charge is 0.165 e.